The summed E-state index contributed by atoms with van der Waals surface area (Å²) in [6.45, 7) is 6.66. The second-order valence-electron chi connectivity index (χ2n) is 4.01. The van der Waals surface area contributed by atoms with Crippen molar-refractivity contribution in [3.05, 3.63) is 21.4 Å². The van der Waals surface area contributed by atoms with E-state index in [4.69, 9.17) is 4.74 Å². The molecule has 0 fully saturated rings. The Kier molecular flexibility index (Phi) is 5.85. The molecule has 5 heteroatoms. The zero-order chi connectivity index (χ0) is 13.5. The van der Waals surface area contributed by atoms with Gasteiger partial charge in [0.05, 0.1) is 11.5 Å². The van der Waals surface area contributed by atoms with E-state index in [1.165, 1.54) is 11.3 Å². The molecule has 4 nitrogen and oxygen atoms in total. The minimum atomic E-state index is -0.213. The molecule has 0 saturated carbocycles. The summed E-state index contributed by atoms with van der Waals surface area (Å²) in [6, 6.07) is 1.89. The van der Waals surface area contributed by atoms with Crippen LogP contribution in [0.4, 0.5) is 0 Å². The highest BCUT2D eigenvalue weighted by Gasteiger charge is 2.10. The van der Waals surface area contributed by atoms with Crippen molar-refractivity contribution in [1.82, 2.24) is 5.32 Å². The lowest BCUT2D eigenvalue weighted by Crippen LogP contribution is -2.24. The van der Waals surface area contributed by atoms with Crippen LogP contribution in [0.1, 0.15) is 39.9 Å². The molecule has 0 aromatic carbocycles. The first-order valence-electron chi connectivity index (χ1n) is 6.05. The highest BCUT2D eigenvalue weighted by molar-refractivity contribution is 7.14. The molecule has 1 rings (SSSR count). The molecule has 1 N–H and O–H groups in total. The molecule has 0 atom stereocenters. The van der Waals surface area contributed by atoms with Crippen molar-refractivity contribution in [3.63, 3.8) is 0 Å². The SMILES string of the molecule is CCOC(=O)CCCNC(=O)c1cc(C)c(C)s1. The monoisotopic (exact) mass is 269 g/mol. The normalized spacial score (nSPS) is 10.2. The number of ether oxygens (including phenoxy) is 1. The Morgan fingerprint density at radius 2 is 2.11 bits per heavy atom. The fraction of sp³-hybridized carbons (Fsp3) is 0.538. The van der Waals surface area contributed by atoms with E-state index in [1.54, 1.807) is 6.92 Å². The lowest BCUT2D eigenvalue weighted by molar-refractivity contribution is -0.143. The second kappa shape index (κ2) is 7.16. The van der Waals surface area contributed by atoms with Crippen molar-refractivity contribution in [2.75, 3.05) is 13.2 Å². The summed E-state index contributed by atoms with van der Waals surface area (Å²) < 4.78 is 4.80. The van der Waals surface area contributed by atoms with Crippen LogP contribution in [-0.2, 0) is 9.53 Å². The molecule has 100 valence electrons. The quantitative estimate of drug-likeness (QED) is 0.637. The Morgan fingerprint density at radius 1 is 1.39 bits per heavy atom. The van der Waals surface area contributed by atoms with Crippen molar-refractivity contribution in [1.29, 1.82) is 0 Å². The van der Waals surface area contributed by atoms with E-state index in [1.807, 2.05) is 19.9 Å². The number of carbonyl (C=O) groups excluding carboxylic acids is 2. The number of esters is 1. The maximum Gasteiger partial charge on any atom is 0.305 e. The molecule has 1 aromatic heterocycles. The van der Waals surface area contributed by atoms with Gasteiger partial charge in [-0.3, -0.25) is 9.59 Å². The highest BCUT2D eigenvalue weighted by Crippen LogP contribution is 2.20. The van der Waals surface area contributed by atoms with E-state index in [2.05, 4.69) is 5.32 Å². The van der Waals surface area contributed by atoms with Crippen molar-refractivity contribution in [3.8, 4) is 0 Å². The number of hydrogen-bond acceptors (Lipinski definition) is 4. The number of thiophene rings is 1. The minimum absolute atomic E-state index is 0.0694. The minimum Gasteiger partial charge on any atom is -0.466 e. The van der Waals surface area contributed by atoms with Crippen LogP contribution in [0.15, 0.2) is 6.07 Å². The Labute approximate surface area is 111 Å². The molecular weight excluding hydrogens is 250 g/mol. The summed E-state index contributed by atoms with van der Waals surface area (Å²) in [4.78, 5) is 24.7. The maximum atomic E-state index is 11.8. The Hall–Kier alpha value is -1.36. The number of carbonyl (C=O) groups is 2. The van der Waals surface area contributed by atoms with Crippen LogP contribution in [0.25, 0.3) is 0 Å². The zero-order valence-corrected chi connectivity index (χ0v) is 11.9. The smallest absolute Gasteiger partial charge is 0.305 e. The Morgan fingerprint density at radius 3 is 2.67 bits per heavy atom. The van der Waals surface area contributed by atoms with Gasteiger partial charge >= 0.3 is 5.97 Å². The van der Waals surface area contributed by atoms with Crippen molar-refractivity contribution in [2.24, 2.45) is 0 Å². The lowest BCUT2D eigenvalue weighted by atomic mass is 10.2. The van der Waals surface area contributed by atoms with E-state index in [0.29, 0.717) is 26.0 Å². The average molecular weight is 269 g/mol. The average Bonchev–Trinajstić information content (AvgIpc) is 2.65. The Balaban J connectivity index is 2.27. The first kappa shape index (κ1) is 14.7. The van der Waals surface area contributed by atoms with Crippen LogP contribution in [-0.4, -0.2) is 25.0 Å². The van der Waals surface area contributed by atoms with E-state index in [-0.39, 0.29) is 11.9 Å². The van der Waals surface area contributed by atoms with Gasteiger partial charge in [-0.05, 0) is 38.8 Å². The van der Waals surface area contributed by atoms with Crippen LogP contribution in [0.3, 0.4) is 0 Å². The number of aryl methyl sites for hydroxylation is 2. The number of amides is 1. The van der Waals surface area contributed by atoms with Gasteiger partial charge in [0.15, 0.2) is 0 Å². The molecule has 0 aliphatic rings. The van der Waals surface area contributed by atoms with Crippen LogP contribution < -0.4 is 5.32 Å². The Bertz CT molecular complexity index is 406. The van der Waals surface area contributed by atoms with Gasteiger partial charge in [0.2, 0.25) is 0 Å². The van der Waals surface area contributed by atoms with Gasteiger partial charge < -0.3 is 10.1 Å². The molecule has 0 aliphatic carbocycles. The van der Waals surface area contributed by atoms with E-state index < -0.39 is 0 Å². The molecule has 1 amide bonds. The standard InChI is InChI=1S/C13H19NO3S/c1-4-17-12(15)6-5-7-14-13(16)11-8-9(2)10(3)18-11/h8H,4-7H2,1-3H3,(H,14,16). The van der Waals surface area contributed by atoms with Gasteiger partial charge in [-0.15, -0.1) is 11.3 Å². The molecule has 1 heterocycles. The molecule has 18 heavy (non-hydrogen) atoms. The summed E-state index contributed by atoms with van der Waals surface area (Å²) in [6.07, 6.45) is 0.949. The summed E-state index contributed by atoms with van der Waals surface area (Å²) in [5.41, 5.74) is 1.14. The van der Waals surface area contributed by atoms with Gasteiger partial charge in [-0.1, -0.05) is 0 Å². The molecule has 0 bridgehead atoms. The van der Waals surface area contributed by atoms with E-state index in [0.717, 1.165) is 15.3 Å². The van der Waals surface area contributed by atoms with Crippen molar-refractivity contribution >= 4 is 23.2 Å². The predicted octanol–water partition coefficient (Wildman–Crippen LogP) is 2.44. The number of rotatable bonds is 6. The zero-order valence-electron chi connectivity index (χ0n) is 11.0. The van der Waals surface area contributed by atoms with Gasteiger partial charge in [0.25, 0.3) is 5.91 Å². The van der Waals surface area contributed by atoms with Crippen LogP contribution in [0.5, 0.6) is 0 Å². The van der Waals surface area contributed by atoms with Crippen LogP contribution in [0.2, 0.25) is 0 Å². The molecule has 0 radical (unpaired) electrons. The van der Waals surface area contributed by atoms with Gasteiger partial charge in [0.1, 0.15) is 0 Å². The third kappa shape index (κ3) is 4.49. The largest absolute Gasteiger partial charge is 0.466 e. The summed E-state index contributed by atoms with van der Waals surface area (Å²) in [5, 5.41) is 2.80. The molecule has 1 aromatic rings. The fourth-order valence-corrected chi connectivity index (χ4v) is 2.39. The van der Waals surface area contributed by atoms with E-state index >= 15 is 0 Å². The summed E-state index contributed by atoms with van der Waals surface area (Å²) in [5.74, 6) is -0.283. The summed E-state index contributed by atoms with van der Waals surface area (Å²) in [7, 11) is 0. The molecule has 0 spiro atoms. The lowest BCUT2D eigenvalue weighted by Gasteiger charge is -2.03. The maximum absolute atomic E-state index is 11.8. The van der Waals surface area contributed by atoms with Gasteiger partial charge in [-0.2, -0.15) is 0 Å². The third-order valence-corrected chi connectivity index (χ3v) is 3.69. The topological polar surface area (TPSA) is 55.4 Å². The van der Waals surface area contributed by atoms with Gasteiger partial charge in [0, 0.05) is 17.8 Å². The van der Waals surface area contributed by atoms with Crippen molar-refractivity contribution in [2.45, 2.75) is 33.6 Å². The second-order valence-corrected chi connectivity index (χ2v) is 5.27. The molecule has 0 aliphatic heterocycles. The van der Waals surface area contributed by atoms with Crippen LogP contribution >= 0.6 is 11.3 Å². The van der Waals surface area contributed by atoms with Crippen molar-refractivity contribution < 1.29 is 14.3 Å². The van der Waals surface area contributed by atoms with Crippen LogP contribution in [0, 0.1) is 13.8 Å². The molecular formula is C13H19NO3S. The predicted molar refractivity (Wildman–Crippen MR) is 72.0 cm³/mol. The first-order chi connectivity index (χ1) is 8.54. The number of hydrogen-bond donors (Lipinski definition) is 1. The molecule has 0 saturated heterocycles. The third-order valence-electron chi connectivity index (χ3n) is 2.54. The highest BCUT2D eigenvalue weighted by atomic mass is 32.1. The summed E-state index contributed by atoms with van der Waals surface area (Å²) >= 11 is 1.49. The first-order valence-corrected chi connectivity index (χ1v) is 6.87. The fourth-order valence-electron chi connectivity index (χ4n) is 1.44. The number of nitrogens with one attached hydrogen (secondary N) is 1. The van der Waals surface area contributed by atoms with E-state index in [9.17, 15) is 9.59 Å². The molecule has 0 unspecified atom stereocenters. The van der Waals surface area contributed by atoms with Gasteiger partial charge in [-0.25, -0.2) is 0 Å².